The van der Waals surface area contributed by atoms with E-state index in [0.29, 0.717) is 11.5 Å². The standard InChI is InChI=1S/C36H26N3O2P/c40-42(29-12-5-2-6-13-29)32-15-8-7-14-30(32)41-31-21-20-28(24-33(31)42)25-16-18-26(19-17-25)34-35(27-10-3-1-4-11-27)39-23-9-22-37-36(39)38-34/h1-6,9-24H,7-8H2. The molecule has 6 heteroatoms. The monoisotopic (exact) mass is 563 g/mol. The molecule has 2 aliphatic rings. The lowest BCUT2D eigenvalue weighted by Gasteiger charge is -2.32. The van der Waals surface area contributed by atoms with E-state index in [2.05, 4.69) is 59.6 Å². The molecule has 0 fully saturated rings. The second kappa shape index (κ2) is 9.83. The molecule has 1 atom stereocenters. The maximum Gasteiger partial charge on any atom is 0.234 e. The summed E-state index contributed by atoms with van der Waals surface area (Å²) >= 11 is 0. The van der Waals surface area contributed by atoms with Crippen molar-refractivity contribution < 1.29 is 9.30 Å². The highest BCUT2D eigenvalue weighted by molar-refractivity contribution is 7.83. The van der Waals surface area contributed by atoms with E-state index in [-0.39, 0.29) is 0 Å². The second-order valence-electron chi connectivity index (χ2n) is 10.5. The summed E-state index contributed by atoms with van der Waals surface area (Å²) < 4.78 is 23.4. The highest BCUT2D eigenvalue weighted by Gasteiger charge is 2.41. The van der Waals surface area contributed by atoms with Crippen molar-refractivity contribution in [3.63, 3.8) is 0 Å². The average molecular weight is 564 g/mol. The predicted octanol–water partition coefficient (Wildman–Crippen LogP) is 8.00. The Balaban J connectivity index is 1.23. The molecule has 0 saturated carbocycles. The molecular weight excluding hydrogens is 537 g/mol. The van der Waals surface area contributed by atoms with Gasteiger partial charge in [0.15, 0.2) is 7.14 Å². The van der Waals surface area contributed by atoms with Gasteiger partial charge in [-0.1, -0.05) is 97.1 Å². The first-order valence-corrected chi connectivity index (χ1v) is 15.8. The summed E-state index contributed by atoms with van der Waals surface area (Å²) in [7, 11) is -3.10. The zero-order valence-electron chi connectivity index (χ0n) is 22.7. The van der Waals surface area contributed by atoms with Gasteiger partial charge in [0.2, 0.25) is 5.78 Å². The van der Waals surface area contributed by atoms with Gasteiger partial charge < -0.3 is 9.30 Å². The van der Waals surface area contributed by atoms with E-state index in [9.17, 15) is 0 Å². The maximum atomic E-state index is 15.1. The second-order valence-corrected chi connectivity index (χ2v) is 13.2. The minimum Gasteiger partial charge on any atom is -0.456 e. The predicted molar refractivity (Wildman–Crippen MR) is 169 cm³/mol. The Labute approximate surface area is 243 Å². The summed E-state index contributed by atoms with van der Waals surface area (Å²) in [5, 5.41) is 2.39. The van der Waals surface area contributed by atoms with Crippen LogP contribution in [-0.2, 0) is 4.57 Å². The van der Waals surface area contributed by atoms with Crippen LogP contribution >= 0.6 is 7.14 Å². The van der Waals surface area contributed by atoms with Gasteiger partial charge >= 0.3 is 0 Å². The van der Waals surface area contributed by atoms with Crippen LogP contribution in [0.3, 0.4) is 0 Å². The number of fused-ring (bicyclic) bond motifs is 3. The Morgan fingerprint density at radius 2 is 1.43 bits per heavy atom. The molecule has 42 heavy (non-hydrogen) atoms. The summed E-state index contributed by atoms with van der Waals surface area (Å²) in [6.45, 7) is 0. The van der Waals surface area contributed by atoms with Crippen LogP contribution in [0.1, 0.15) is 12.8 Å². The average Bonchev–Trinajstić information content (AvgIpc) is 3.45. The maximum absolute atomic E-state index is 15.1. The summed E-state index contributed by atoms with van der Waals surface area (Å²) in [4.78, 5) is 9.39. The molecule has 0 radical (unpaired) electrons. The van der Waals surface area contributed by atoms with Gasteiger partial charge in [0.25, 0.3) is 0 Å². The largest absolute Gasteiger partial charge is 0.456 e. The summed E-state index contributed by atoms with van der Waals surface area (Å²) in [6.07, 6.45) is 9.68. The first-order valence-electron chi connectivity index (χ1n) is 14.1. The van der Waals surface area contributed by atoms with Gasteiger partial charge in [0, 0.05) is 28.8 Å². The van der Waals surface area contributed by atoms with E-state index < -0.39 is 7.14 Å². The number of nitrogens with zero attached hydrogens (tertiary/aromatic N) is 3. The van der Waals surface area contributed by atoms with E-state index in [0.717, 1.165) is 68.2 Å². The van der Waals surface area contributed by atoms with Crippen LogP contribution in [0, 0.1) is 0 Å². The van der Waals surface area contributed by atoms with E-state index in [1.807, 2.05) is 77.3 Å². The summed E-state index contributed by atoms with van der Waals surface area (Å²) in [5.74, 6) is 2.05. The minimum atomic E-state index is -3.10. The van der Waals surface area contributed by atoms with Gasteiger partial charge in [-0.15, -0.1) is 0 Å². The lowest BCUT2D eigenvalue weighted by Crippen LogP contribution is -2.26. The molecular formula is C36H26N3O2P. The van der Waals surface area contributed by atoms with Crippen LogP contribution in [0.2, 0.25) is 0 Å². The topological polar surface area (TPSA) is 56.5 Å². The van der Waals surface area contributed by atoms with E-state index in [4.69, 9.17) is 9.72 Å². The molecule has 0 saturated heterocycles. The molecule has 1 aliphatic heterocycles. The van der Waals surface area contributed by atoms with Crippen molar-refractivity contribution in [2.75, 3.05) is 0 Å². The number of allylic oxidation sites excluding steroid dienone is 3. The molecule has 1 unspecified atom stereocenters. The molecule has 202 valence electrons. The fourth-order valence-corrected chi connectivity index (χ4v) is 8.98. The van der Waals surface area contributed by atoms with Gasteiger partial charge in [-0.2, -0.15) is 0 Å². The van der Waals surface area contributed by atoms with Crippen molar-refractivity contribution in [2.45, 2.75) is 12.8 Å². The van der Waals surface area contributed by atoms with Crippen molar-refractivity contribution in [1.29, 1.82) is 0 Å². The van der Waals surface area contributed by atoms with E-state index in [1.165, 1.54) is 0 Å². The van der Waals surface area contributed by atoms with Crippen molar-refractivity contribution >= 4 is 23.5 Å². The summed E-state index contributed by atoms with van der Waals surface area (Å²) in [5.41, 5.74) is 5.98. The number of benzene rings is 4. The highest BCUT2D eigenvalue weighted by Crippen LogP contribution is 2.60. The number of imidazole rings is 1. The smallest absolute Gasteiger partial charge is 0.234 e. The van der Waals surface area contributed by atoms with Gasteiger partial charge in [-0.25, -0.2) is 9.97 Å². The normalized spacial score (nSPS) is 17.5. The van der Waals surface area contributed by atoms with E-state index >= 15 is 4.57 Å². The first-order chi connectivity index (χ1) is 20.7. The van der Waals surface area contributed by atoms with Gasteiger partial charge in [0.05, 0.1) is 22.0 Å². The SMILES string of the molecule is O=P1(c2ccccc2)C2=CCCC=C2Oc2ccc(-c3ccc(-c4nc5ncccn5c4-c4ccccc4)cc3)cc21. The molecule has 3 heterocycles. The molecule has 2 aromatic heterocycles. The van der Waals surface area contributed by atoms with Crippen LogP contribution in [0.15, 0.2) is 145 Å². The lowest BCUT2D eigenvalue weighted by molar-refractivity contribution is 0.433. The van der Waals surface area contributed by atoms with E-state index in [1.54, 1.807) is 6.20 Å². The third-order valence-corrected chi connectivity index (χ3v) is 11.1. The number of rotatable bonds is 4. The highest BCUT2D eigenvalue weighted by atomic mass is 31.2. The zero-order chi connectivity index (χ0) is 28.1. The molecule has 4 aromatic carbocycles. The van der Waals surface area contributed by atoms with Crippen molar-refractivity contribution in [2.24, 2.45) is 0 Å². The number of ether oxygens (including phenoxy) is 1. The Kier molecular flexibility index (Phi) is 5.80. The number of aromatic nitrogens is 3. The van der Waals surface area contributed by atoms with Crippen molar-refractivity contribution in [3.05, 3.63) is 145 Å². The van der Waals surface area contributed by atoms with Crippen molar-refractivity contribution in [1.82, 2.24) is 14.4 Å². The number of hydrogen-bond acceptors (Lipinski definition) is 4. The van der Waals surface area contributed by atoms with Gasteiger partial charge in [0.1, 0.15) is 11.5 Å². The summed E-state index contributed by atoms with van der Waals surface area (Å²) in [6, 6.07) is 36.5. The Morgan fingerprint density at radius 1 is 0.714 bits per heavy atom. The van der Waals surface area contributed by atoms with Crippen LogP contribution in [0.5, 0.6) is 5.75 Å². The van der Waals surface area contributed by atoms with Crippen LogP contribution < -0.4 is 15.3 Å². The van der Waals surface area contributed by atoms with Crippen LogP contribution in [-0.4, -0.2) is 14.4 Å². The zero-order valence-corrected chi connectivity index (χ0v) is 23.6. The third-order valence-electron chi connectivity index (χ3n) is 8.01. The quantitative estimate of drug-likeness (QED) is 0.204. The Bertz CT molecular complexity index is 2080. The molecule has 8 rings (SSSR count). The fraction of sp³-hybridized carbons (Fsp3) is 0.0556. The lowest BCUT2D eigenvalue weighted by atomic mass is 10.0. The van der Waals surface area contributed by atoms with Crippen LogP contribution in [0.25, 0.3) is 39.4 Å². The van der Waals surface area contributed by atoms with Gasteiger partial charge in [-0.3, -0.25) is 4.40 Å². The van der Waals surface area contributed by atoms with Crippen molar-refractivity contribution in [3.8, 4) is 39.4 Å². The molecule has 0 spiro atoms. The Morgan fingerprint density at radius 3 is 2.24 bits per heavy atom. The molecule has 1 aliphatic carbocycles. The van der Waals surface area contributed by atoms with Gasteiger partial charge in [-0.05, 0) is 48.2 Å². The first kappa shape index (κ1) is 24.8. The molecule has 0 amide bonds. The minimum absolute atomic E-state index is 0.659. The molecule has 6 aromatic rings. The third kappa shape index (κ3) is 3.89. The number of hydrogen-bond donors (Lipinski definition) is 0. The fourth-order valence-electron chi connectivity index (χ4n) is 5.99. The molecule has 5 nitrogen and oxygen atoms in total. The molecule has 0 N–H and O–H groups in total. The van der Waals surface area contributed by atoms with Crippen LogP contribution in [0.4, 0.5) is 0 Å². The Hall–Kier alpha value is -4.99. The molecule has 0 bridgehead atoms.